The van der Waals surface area contributed by atoms with Gasteiger partial charge in [0.2, 0.25) is 0 Å². The average Bonchev–Trinajstić information content (AvgIpc) is 0.722. The third-order valence-corrected chi connectivity index (χ3v) is 0. The van der Waals surface area contributed by atoms with E-state index in [1.165, 1.54) is 0 Å². The molecule has 0 N–H and O–H groups in total. The summed E-state index contributed by atoms with van der Waals surface area (Å²) in [6.45, 7) is 0. The van der Waals surface area contributed by atoms with Crippen molar-refractivity contribution >= 4 is 10.1 Å². The van der Waals surface area contributed by atoms with Gasteiger partial charge >= 0.3 is 0 Å². The van der Waals surface area contributed by atoms with Gasteiger partial charge in [-0.05, 0) is 0 Å². The molecule has 0 bridgehead atoms. The van der Waals surface area contributed by atoms with E-state index in [0.29, 0.717) is 6.26 Å². The average molecular weight is 131 g/mol. The highest BCUT2D eigenvalue weighted by atomic mass is 35.5. The Morgan fingerprint density at radius 3 is 1.50 bits per heavy atom. The largest absolute Gasteiger partial charge is 1.00 e. The third-order valence-electron chi connectivity index (χ3n) is 0. The van der Waals surface area contributed by atoms with Crippen LogP contribution in [0.2, 0.25) is 0 Å². The highest BCUT2D eigenvalue weighted by molar-refractivity contribution is 7.84. The van der Waals surface area contributed by atoms with Gasteiger partial charge in [0, 0.05) is 6.26 Å². The van der Waals surface area contributed by atoms with Gasteiger partial charge in [0.15, 0.2) is 0 Å². The first kappa shape index (κ1) is 9.50. The fraction of sp³-hybridized carbons (Fsp3) is 1.00. The first-order valence-electron chi connectivity index (χ1n) is 0.908. The summed E-state index contributed by atoms with van der Waals surface area (Å²) in [5, 5.41) is 0. The number of hydrogen-bond donors (Lipinski definition) is 0. The van der Waals surface area contributed by atoms with E-state index in [9.17, 15) is 0 Å². The molecular formula is CH3ClO3S-2. The molecule has 0 saturated carbocycles. The van der Waals surface area contributed by atoms with E-state index in [1.807, 2.05) is 0 Å². The summed E-state index contributed by atoms with van der Waals surface area (Å²) in [4.78, 5) is 0. The smallest absolute Gasteiger partial charge is 0.0916 e. The van der Waals surface area contributed by atoms with E-state index < -0.39 is 10.1 Å². The van der Waals surface area contributed by atoms with Gasteiger partial charge < -0.3 is 17.0 Å². The van der Waals surface area contributed by atoms with Crippen LogP contribution in [0.15, 0.2) is 0 Å². The molecule has 0 aromatic carbocycles. The third kappa shape index (κ3) is 1080. The first-order valence-corrected chi connectivity index (χ1v) is 2.72. The van der Waals surface area contributed by atoms with Crippen molar-refractivity contribution in [1.82, 2.24) is 0 Å². The van der Waals surface area contributed by atoms with Crippen molar-refractivity contribution in [3.63, 3.8) is 0 Å². The predicted molar refractivity (Wildman–Crippen MR) is 15.6 cm³/mol. The Morgan fingerprint density at radius 2 is 1.50 bits per heavy atom. The maximum atomic E-state index is 9.08. The first-order chi connectivity index (χ1) is 2.00. The van der Waals surface area contributed by atoms with Gasteiger partial charge in [-0.3, -0.25) is 0 Å². The minimum Gasteiger partial charge on any atom is -1.00 e. The van der Waals surface area contributed by atoms with Crippen LogP contribution < -0.4 is 12.4 Å². The highest BCUT2D eigenvalue weighted by Crippen LogP contribution is 1.59. The molecule has 0 aromatic rings. The van der Waals surface area contributed by atoms with Crippen molar-refractivity contribution < 1.29 is 25.4 Å². The van der Waals surface area contributed by atoms with Crippen molar-refractivity contribution in [3.05, 3.63) is 0 Å². The maximum Gasteiger partial charge on any atom is 0.0916 e. The summed E-state index contributed by atoms with van der Waals surface area (Å²) in [7, 11) is -3.92. The van der Waals surface area contributed by atoms with Crippen molar-refractivity contribution in [2.24, 2.45) is 0 Å². The molecule has 0 aliphatic rings. The van der Waals surface area contributed by atoms with Crippen molar-refractivity contribution in [3.8, 4) is 0 Å². The highest BCUT2D eigenvalue weighted by Gasteiger charge is 1.65. The second kappa shape index (κ2) is 2.39. The topological polar surface area (TPSA) is 57.2 Å². The van der Waals surface area contributed by atoms with Crippen LogP contribution in [-0.2, 0) is 10.1 Å². The quantitative estimate of drug-likeness (QED) is 0.316. The van der Waals surface area contributed by atoms with E-state index in [1.54, 1.807) is 0 Å². The van der Waals surface area contributed by atoms with Crippen LogP contribution in [-0.4, -0.2) is 19.2 Å². The molecule has 0 rings (SSSR count). The molecule has 0 saturated heterocycles. The molecule has 6 heavy (non-hydrogen) atoms. The molecular weight excluding hydrogens is 128 g/mol. The van der Waals surface area contributed by atoms with Crippen LogP contribution >= 0.6 is 0 Å². The predicted octanol–water partition coefficient (Wildman–Crippen LogP) is -3.83. The standard InChI is InChI=1S/CH4O3S.ClH/c1-5(2,3)4;/h1H3,(H,2,3,4);1H/p-2. The Hall–Kier alpha value is 0.200. The summed E-state index contributed by atoms with van der Waals surface area (Å²) in [5.41, 5.74) is 0. The molecule has 0 aliphatic heterocycles. The molecule has 3 nitrogen and oxygen atoms in total. The van der Waals surface area contributed by atoms with E-state index in [2.05, 4.69) is 0 Å². The Balaban J connectivity index is 0. The minimum absolute atomic E-state index is 0. The molecule has 0 unspecified atom stereocenters. The summed E-state index contributed by atoms with van der Waals surface area (Å²) < 4.78 is 27.2. The molecule has 40 valence electrons. The summed E-state index contributed by atoms with van der Waals surface area (Å²) in [6, 6.07) is 0. The molecule has 0 aliphatic carbocycles. The molecule has 5 heteroatoms. The Bertz CT molecular complexity index is 94.0. The van der Waals surface area contributed by atoms with E-state index in [0.717, 1.165) is 0 Å². The van der Waals surface area contributed by atoms with Crippen LogP contribution in [0.4, 0.5) is 0 Å². The summed E-state index contributed by atoms with van der Waals surface area (Å²) in [6.07, 6.45) is 0.604. The van der Waals surface area contributed by atoms with E-state index >= 15 is 0 Å². The second-order valence-electron chi connectivity index (χ2n) is 0.704. The van der Waals surface area contributed by atoms with Crippen molar-refractivity contribution in [1.29, 1.82) is 0 Å². The number of rotatable bonds is 0. The van der Waals surface area contributed by atoms with Crippen LogP contribution in [0.1, 0.15) is 0 Å². The molecule has 0 radical (unpaired) electrons. The fourth-order valence-corrected chi connectivity index (χ4v) is 0. The van der Waals surface area contributed by atoms with Gasteiger partial charge in [0.1, 0.15) is 0 Å². The van der Waals surface area contributed by atoms with Gasteiger partial charge in [0.05, 0.1) is 10.1 Å². The lowest BCUT2D eigenvalue weighted by Gasteiger charge is -1.90. The zero-order valence-corrected chi connectivity index (χ0v) is 4.58. The van der Waals surface area contributed by atoms with Crippen LogP contribution in [0.25, 0.3) is 0 Å². The normalized spacial score (nSPS) is 9.67. The monoisotopic (exact) mass is 130 g/mol. The summed E-state index contributed by atoms with van der Waals surface area (Å²) in [5.74, 6) is 0. The zero-order chi connectivity index (χ0) is 4.50. The van der Waals surface area contributed by atoms with Gasteiger partial charge in [-0.15, -0.1) is 0 Å². The van der Waals surface area contributed by atoms with Gasteiger partial charge in [-0.2, -0.15) is 0 Å². The Labute approximate surface area is 42.5 Å². The molecule has 0 aromatic heterocycles. The number of hydrogen-bond acceptors (Lipinski definition) is 3. The molecule has 0 atom stereocenters. The molecule has 0 amide bonds. The SMILES string of the molecule is CS(=O)(=O)[O-].[Cl-]. The van der Waals surface area contributed by atoms with Crippen LogP contribution in [0, 0.1) is 0 Å². The number of halogens is 1. The van der Waals surface area contributed by atoms with Crippen LogP contribution in [0.3, 0.4) is 0 Å². The van der Waals surface area contributed by atoms with E-state index in [-0.39, 0.29) is 12.4 Å². The van der Waals surface area contributed by atoms with Crippen molar-refractivity contribution in [2.45, 2.75) is 0 Å². The molecule has 0 heterocycles. The van der Waals surface area contributed by atoms with Crippen molar-refractivity contribution in [2.75, 3.05) is 6.26 Å². The second-order valence-corrected chi connectivity index (χ2v) is 2.11. The van der Waals surface area contributed by atoms with E-state index in [4.69, 9.17) is 13.0 Å². The van der Waals surface area contributed by atoms with Crippen LogP contribution in [0.5, 0.6) is 0 Å². The van der Waals surface area contributed by atoms with Gasteiger partial charge in [0.25, 0.3) is 0 Å². The fourth-order valence-electron chi connectivity index (χ4n) is 0. The lowest BCUT2D eigenvalue weighted by Crippen LogP contribution is -3.00. The lowest BCUT2D eigenvalue weighted by molar-refractivity contribution is -0.00000557. The lowest BCUT2D eigenvalue weighted by atomic mass is 12.0. The Kier molecular flexibility index (Phi) is 3.78. The maximum absolute atomic E-state index is 9.08. The molecule has 0 spiro atoms. The zero-order valence-electron chi connectivity index (χ0n) is 3.01. The van der Waals surface area contributed by atoms with Gasteiger partial charge in [-0.1, -0.05) is 0 Å². The molecule has 0 fully saturated rings. The summed E-state index contributed by atoms with van der Waals surface area (Å²) >= 11 is 0. The minimum atomic E-state index is -3.92. The van der Waals surface area contributed by atoms with Gasteiger partial charge in [-0.25, -0.2) is 8.42 Å². The Morgan fingerprint density at radius 1 is 1.50 bits per heavy atom.